The number of piperazine rings is 1. The van der Waals surface area contributed by atoms with E-state index in [9.17, 15) is 9.59 Å². The van der Waals surface area contributed by atoms with Crippen molar-refractivity contribution in [3.8, 4) is 0 Å². The summed E-state index contributed by atoms with van der Waals surface area (Å²) < 4.78 is 0. The molecule has 1 aromatic carbocycles. The third-order valence-corrected chi connectivity index (χ3v) is 6.28. The number of anilines is 1. The highest BCUT2D eigenvalue weighted by atomic mass is 16.2. The van der Waals surface area contributed by atoms with Crippen LogP contribution in [0.4, 0.5) is 5.69 Å². The number of Topliss-reactive ketones (excluding diaryl/α,β-unsaturated/α-hetero) is 1. The number of hydrogen-bond donors (Lipinski definition) is 1. The summed E-state index contributed by atoms with van der Waals surface area (Å²) in [6.07, 6.45) is 2.83. The molecule has 2 aliphatic rings. The van der Waals surface area contributed by atoms with Crippen molar-refractivity contribution >= 4 is 17.4 Å². The van der Waals surface area contributed by atoms with Crippen LogP contribution in [0, 0.1) is 12.8 Å². The molecule has 0 spiro atoms. The Kier molecular flexibility index (Phi) is 5.25. The van der Waals surface area contributed by atoms with Gasteiger partial charge in [0.05, 0.1) is 0 Å². The maximum Gasteiger partial charge on any atom is 0.223 e. The lowest BCUT2D eigenvalue weighted by Crippen LogP contribution is -2.49. The second kappa shape index (κ2) is 7.82. The number of carbonyl (C=O) groups is 2. The van der Waals surface area contributed by atoms with Crippen LogP contribution < -0.4 is 4.90 Å². The summed E-state index contributed by atoms with van der Waals surface area (Å²) in [5, 5.41) is 0. The van der Waals surface area contributed by atoms with Crippen LogP contribution in [0.25, 0.3) is 0 Å². The summed E-state index contributed by atoms with van der Waals surface area (Å²) >= 11 is 0. The summed E-state index contributed by atoms with van der Waals surface area (Å²) in [6, 6.07) is 10.3. The molecule has 148 valence electrons. The number of fused-ring (bicyclic) bond motifs is 1. The molecule has 1 aliphatic heterocycles. The zero-order chi connectivity index (χ0) is 19.7. The second-order valence-electron chi connectivity index (χ2n) is 7.94. The van der Waals surface area contributed by atoms with Gasteiger partial charge >= 0.3 is 0 Å². The Hall–Kier alpha value is -2.56. The standard InChI is InChI=1S/C23H29N3O2/c1-3-19-16(2)24-20-10-9-17(23(28)22(19)20)15-21(27)26-13-11-25(12-14-26)18-7-5-4-6-8-18/h4-8,17,24H,3,9-15H2,1-2H3. The minimum atomic E-state index is -0.173. The fourth-order valence-corrected chi connectivity index (χ4v) is 4.70. The molecule has 2 aromatic rings. The Morgan fingerprint density at radius 2 is 1.86 bits per heavy atom. The van der Waals surface area contributed by atoms with E-state index in [0.717, 1.165) is 68.0 Å². The van der Waals surface area contributed by atoms with Crippen LogP contribution in [0.15, 0.2) is 30.3 Å². The van der Waals surface area contributed by atoms with Crippen molar-refractivity contribution in [3.05, 3.63) is 52.8 Å². The van der Waals surface area contributed by atoms with E-state index in [1.165, 1.54) is 5.69 Å². The predicted octanol–water partition coefficient (Wildman–Crippen LogP) is 3.37. The van der Waals surface area contributed by atoms with Gasteiger partial charge in [0.2, 0.25) is 5.91 Å². The van der Waals surface area contributed by atoms with Gasteiger partial charge in [-0.25, -0.2) is 0 Å². The van der Waals surface area contributed by atoms with E-state index in [2.05, 4.69) is 28.9 Å². The topological polar surface area (TPSA) is 56.4 Å². The van der Waals surface area contributed by atoms with E-state index in [0.29, 0.717) is 6.42 Å². The third-order valence-electron chi connectivity index (χ3n) is 6.28. The molecule has 0 saturated carbocycles. The number of carbonyl (C=O) groups excluding carboxylic acids is 2. The second-order valence-corrected chi connectivity index (χ2v) is 7.94. The van der Waals surface area contributed by atoms with Crippen LogP contribution in [-0.2, 0) is 17.6 Å². The summed E-state index contributed by atoms with van der Waals surface area (Å²) in [4.78, 5) is 33.6. The number of nitrogens with one attached hydrogen (secondary N) is 1. The largest absolute Gasteiger partial charge is 0.368 e. The van der Waals surface area contributed by atoms with Crippen LogP contribution in [0.5, 0.6) is 0 Å². The van der Waals surface area contributed by atoms with Crippen molar-refractivity contribution in [3.63, 3.8) is 0 Å². The van der Waals surface area contributed by atoms with Crippen LogP contribution in [0.1, 0.15) is 47.1 Å². The molecule has 1 aliphatic carbocycles. The van der Waals surface area contributed by atoms with E-state index in [1.54, 1.807) is 0 Å². The Bertz CT molecular complexity index is 863. The molecule has 1 aromatic heterocycles. The minimum Gasteiger partial charge on any atom is -0.368 e. The van der Waals surface area contributed by atoms with Gasteiger partial charge in [-0.15, -0.1) is 0 Å². The van der Waals surface area contributed by atoms with Crippen molar-refractivity contribution in [2.75, 3.05) is 31.1 Å². The molecule has 5 heteroatoms. The number of aromatic amines is 1. The van der Waals surface area contributed by atoms with E-state index in [-0.39, 0.29) is 17.6 Å². The number of aryl methyl sites for hydroxylation is 2. The van der Waals surface area contributed by atoms with Crippen molar-refractivity contribution in [2.24, 2.45) is 5.92 Å². The molecule has 1 unspecified atom stereocenters. The lowest BCUT2D eigenvalue weighted by atomic mass is 9.82. The molecule has 2 heterocycles. The van der Waals surface area contributed by atoms with Crippen LogP contribution in [0.2, 0.25) is 0 Å². The zero-order valence-electron chi connectivity index (χ0n) is 16.8. The summed E-state index contributed by atoms with van der Waals surface area (Å²) in [5.41, 5.74) is 5.38. The monoisotopic (exact) mass is 379 g/mol. The Morgan fingerprint density at radius 3 is 2.54 bits per heavy atom. The lowest BCUT2D eigenvalue weighted by Gasteiger charge is -2.36. The van der Waals surface area contributed by atoms with Gasteiger partial charge in [0.25, 0.3) is 0 Å². The Labute approximate surface area is 166 Å². The molecule has 1 amide bonds. The van der Waals surface area contributed by atoms with E-state index in [1.807, 2.05) is 30.0 Å². The minimum absolute atomic E-state index is 0.125. The summed E-state index contributed by atoms with van der Waals surface area (Å²) in [5.74, 6) is 0.117. The predicted molar refractivity (Wildman–Crippen MR) is 111 cm³/mol. The highest BCUT2D eigenvalue weighted by Crippen LogP contribution is 2.32. The SMILES string of the molecule is CCc1c(C)[nH]c2c1C(=O)C(CC(=O)N1CCN(c3ccccc3)CC1)CC2. The summed E-state index contributed by atoms with van der Waals surface area (Å²) in [7, 11) is 0. The first-order chi connectivity index (χ1) is 13.6. The normalized spacial score (nSPS) is 19.6. The number of aromatic nitrogens is 1. The van der Waals surface area contributed by atoms with Crippen LogP contribution >= 0.6 is 0 Å². The molecule has 1 N–H and O–H groups in total. The average Bonchev–Trinajstić information content (AvgIpc) is 3.06. The average molecular weight is 380 g/mol. The molecule has 5 nitrogen and oxygen atoms in total. The number of benzene rings is 1. The third kappa shape index (κ3) is 3.46. The smallest absolute Gasteiger partial charge is 0.223 e. The number of para-hydroxylation sites is 1. The van der Waals surface area contributed by atoms with Crippen molar-refractivity contribution in [1.82, 2.24) is 9.88 Å². The molecule has 1 fully saturated rings. The first-order valence-electron chi connectivity index (χ1n) is 10.4. The number of H-pyrrole nitrogens is 1. The number of ketones is 1. The zero-order valence-corrected chi connectivity index (χ0v) is 16.8. The Balaban J connectivity index is 1.37. The first kappa shape index (κ1) is 18.8. The van der Waals surface area contributed by atoms with Gasteiger partial charge in [-0.1, -0.05) is 25.1 Å². The number of hydrogen-bond acceptors (Lipinski definition) is 3. The molecule has 0 radical (unpaired) electrons. The van der Waals surface area contributed by atoms with Gasteiger partial charge in [-0.2, -0.15) is 0 Å². The fourth-order valence-electron chi connectivity index (χ4n) is 4.70. The van der Waals surface area contributed by atoms with E-state index in [4.69, 9.17) is 0 Å². The molecular weight excluding hydrogens is 350 g/mol. The molecule has 1 atom stereocenters. The number of nitrogens with zero attached hydrogens (tertiary/aromatic N) is 2. The molecule has 1 saturated heterocycles. The molecule has 28 heavy (non-hydrogen) atoms. The fraction of sp³-hybridized carbons (Fsp3) is 0.478. The lowest BCUT2D eigenvalue weighted by molar-refractivity contribution is -0.132. The number of amides is 1. The molecule has 4 rings (SSSR count). The van der Waals surface area contributed by atoms with Crippen molar-refractivity contribution in [1.29, 1.82) is 0 Å². The summed E-state index contributed by atoms with van der Waals surface area (Å²) in [6.45, 7) is 7.26. The van der Waals surface area contributed by atoms with Gasteiger partial charge in [0.1, 0.15) is 0 Å². The highest BCUT2D eigenvalue weighted by molar-refractivity contribution is 6.03. The quantitative estimate of drug-likeness (QED) is 0.886. The van der Waals surface area contributed by atoms with Gasteiger partial charge in [-0.3, -0.25) is 9.59 Å². The van der Waals surface area contributed by atoms with Gasteiger partial charge in [-0.05, 0) is 43.9 Å². The van der Waals surface area contributed by atoms with Crippen molar-refractivity contribution < 1.29 is 9.59 Å². The van der Waals surface area contributed by atoms with Crippen LogP contribution in [0.3, 0.4) is 0 Å². The maximum absolute atomic E-state index is 13.1. The van der Waals surface area contributed by atoms with E-state index >= 15 is 0 Å². The molecule has 0 bridgehead atoms. The molecular formula is C23H29N3O2. The number of rotatable bonds is 4. The van der Waals surface area contributed by atoms with Gasteiger partial charge in [0, 0.05) is 61.2 Å². The van der Waals surface area contributed by atoms with Crippen LogP contribution in [-0.4, -0.2) is 47.8 Å². The highest BCUT2D eigenvalue weighted by Gasteiger charge is 2.34. The maximum atomic E-state index is 13.1. The Morgan fingerprint density at radius 1 is 1.14 bits per heavy atom. The van der Waals surface area contributed by atoms with Gasteiger partial charge < -0.3 is 14.8 Å². The van der Waals surface area contributed by atoms with Crippen molar-refractivity contribution in [2.45, 2.75) is 39.5 Å². The first-order valence-corrected chi connectivity index (χ1v) is 10.4. The van der Waals surface area contributed by atoms with E-state index < -0.39 is 0 Å². The van der Waals surface area contributed by atoms with Gasteiger partial charge in [0.15, 0.2) is 5.78 Å².